The molecule has 0 amide bonds. The molecule has 1 aliphatic rings. The quantitative estimate of drug-likeness (QED) is 0.586. The highest BCUT2D eigenvalue weighted by molar-refractivity contribution is 6.00. The average molecular weight is 231 g/mol. The zero-order valence-electron chi connectivity index (χ0n) is 7.47. The molecule has 0 aliphatic carbocycles. The van der Waals surface area contributed by atoms with E-state index in [1.165, 1.54) is 0 Å². The molecule has 1 N–H and O–H groups in total. The van der Waals surface area contributed by atoms with Gasteiger partial charge in [0.25, 0.3) is 0 Å². The Morgan fingerprint density at radius 2 is 2.00 bits per heavy atom. The molecule has 15 heavy (non-hydrogen) atoms. The molecule has 1 aliphatic heterocycles. The van der Waals surface area contributed by atoms with Crippen molar-refractivity contribution in [2.75, 3.05) is 12.0 Å². The monoisotopic (exact) mass is 230 g/mol. The number of nitrogens with one attached hydrogen (secondary N) is 1. The van der Waals surface area contributed by atoms with Crippen LogP contribution in [0, 0.1) is 10.2 Å². The van der Waals surface area contributed by atoms with Gasteiger partial charge in [0, 0.05) is 5.69 Å². The Kier molecular flexibility index (Phi) is 2.49. The van der Waals surface area contributed by atoms with Crippen LogP contribution in [0.5, 0.6) is 0 Å². The maximum atomic E-state index is 10.4. The first-order valence-electron chi connectivity index (χ1n) is 4.04. The molecular weight excluding hydrogens is 224 g/mol. The van der Waals surface area contributed by atoms with Crippen molar-refractivity contribution in [2.24, 2.45) is 4.99 Å². The molecule has 2 rings (SSSR count). The van der Waals surface area contributed by atoms with E-state index in [-0.39, 0.29) is 12.6 Å². The molecule has 0 spiro atoms. The van der Waals surface area contributed by atoms with Gasteiger partial charge in [0.2, 0.25) is 0 Å². The highest BCUT2D eigenvalue weighted by Crippen LogP contribution is 2.20. The molecule has 6 nitrogen and oxygen atoms in total. The lowest BCUT2D eigenvalue weighted by Crippen LogP contribution is -2.62. The predicted molar refractivity (Wildman–Crippen MR) is 42.6 cm³/mol. The van der Waals surface area contributed by atoms with Crippen LogP contribution in [0.25, 0.3) is 0 Å². The van der Waals surface area contributed by atoms with Crippen LogP contribution >= 0.6 is 0 Å². The summed E-state index contributed by atoms with van der Waals surface area (Å²) in [5.41, 5.74) is 1.14. The molecule has 0 saturated heterocycles. The summed E-state index contributed by atoms with van der Waals surface area (Å²) in [6.07, 6.45) is 0. The SMILES string of the molecule is [O-][Cl+3]([O-])([O-])OC1=NCNc2ccccc21. The Labute approximate surface area is 87.6 Å². The second kappa shape index (κ2) is 3.67. The van der Waals surface area contributed by atoms with Crippen molar-refractivity contribution in [3.8, 4) is 0 Å². The van der Waals surface area contributed by atoms with E-state index >= 15 is 0 Å². The van der Waals surface area contributed by atoms with E-state index < -0.39 is 10.2 Å². The Balaban J connectivity index is 2.31. The largest absolute Gasteiger partial charge is 0.387 e. The molecule has 1 heterocycles. The summed E-state index contributed by atoms with van der Waals surface area (Å²) in [5, 5.41) is 2.91. The van der Waals surface area contributed by atoms with Crippen molar-refractivity contribution in [3.05, 3.63) is 29.8 Å². The topological polar surface area (TPSA) is 103 Å². The fourth-order valence-electron chi connectivity index (χ4n) is 1.26. The van der Waals surface area contributed by atoms with E-state index in [9.17, 15) is 14.0 Å². The number of anilines is 1. The fraction of sp³-hybridized carbons (Fsp3) is 0.125. The molecular formula is C8H7ClN2O4. The Morgan fingerprint density at radius 3 is 2.73 bits per heavy atom. The van der Waals surface area contributed by atoms with Gasteiger partial charge in [-0.3, -0.25) is 0 Å². The zero-order valence-corrected chi connectivity index (χ0v) is 8.23. The first-order valence-corrected chi connectivity index (χ1v) is 5.28. The van der Waals surface area contributed by atoms with E-state index in [1.54, 1.807) is 24.3 Å². The summed E-state index contributed by atoms with van der Waals surface area (Å²) in [6, 6.07) is 6.82. The van der Waals surface area contributed by atoms with E-state index in [1.807, 2.05) is 0 Å². The number of benzene rings is 1. The summed E-state index contributed by atoms with van der Waals surface area (Å²) in [6.45, 7) is 0.178. The van der Waals surface area contributed by atoms with Gasteiger partial charge in [0.05, 0.1) is 5.56 Å². The Bertz CT molecular complexity index is 402. The van der Waals surface area contributed by atoms with Crippen molar-refractivity contribution in [3.63, 3.8) is 0 Å². The normalized spacial score (nSPS) is 15.0. The number of nitrogens with zero attached hydrogens (tertiary/aromatic N) is 1. The second-order valence-corrected chi connectivity index (χ2v) is 3.71. The molecule has 0 aromatic heterocycles. The lowest BCUT2D eigenvalue weighted by molar-refractivity contribution is -1.91. The number of fused-ring (bicyclic) bond motifs is 1. The standard InChI is InChI=1S/C8H7ClN2O4/c12-9(13,14)15-8-6-3-1-2-4-7(6)10-5-11-8/h1-4,10H,5H2. The van der Waals surface area contributed by atoms with Crippen LogP contribution in [0.2, 0.25) is 0 Å². The van der Waals surface area contributed by atoms with Crippen LogP contribution in [0.15, 0.2) is 29.3 Å². The summed E-state index contributed by atoms with van der Waals surface area (Å²) >= 11 is 0. The molecule has 1 aromatic carbocycles. The van der Waals surface area contributed by atoms with Crippen LogP contribution in [-0.4, -0.2) is 12.6 Å². The van der Waals surface area contributed by atoms with E-state index in [0.717, 1.165) is 0 Å². The summed E-state index contributed by atoms with van der Waals surface area (Å²) < 4.78 is 35.4. The summed E-state index contributed by atoms with van der Waals surface area (Å²) in [5.74, 6) is -0.180. The first kappa shape index (κ1) is 10.2. The third-order valence-electron chi connectivity index (χ3n) is 1.82. The van der Waals surface area contributed by atoms with Crippen LogP contribution in [0.4, 0.5) is 5.69 Å². The highest BCUT2D eigenvalue weighted by Gasteiger charge is 2.28. The van der Waals surface area contributed by atoms with E-state index in [4.69, 9.17) is 0 Å². The lowest BCUT2D eigenvalue weighted by Gasteiger charge is -2.17. The molecule has 0 unspecified atom stereocenters. The number of aliphatic imine (C=N–C) groups is 1. The maximum absolute atomic E-state index is 10.4. The Hall–Kier alpha value is -1.34. The minimum Gasteiger partial charge on any atom is -0.365 e. The molecule has 0 atom stereocenters. The van der Waals surface area contributed by atoms with Crippen molar-refractivity contribution < 1.29 is 28.5 Å². The Morgan fingerprint density at radius 1 is 1.27 bits per heavy atom. The average Bonchev–Trinajstić information content (AvgIpc) is 2.16. The maximum Gasteiger partial charge on any atom is 0.387 e. The fourth-order valence-corrected chi connectivity index (χ4v) is 1.57. The molecule has 1 aromatic rings. The minimum atomic E-state index is -4.50. The minimum absolute atomic E-state index is 0.178. The third-order valence-corrected chi connectivity index (χ3v) is 2.15. The zero-order chi connectivity index (χ0) is 10.9. The third kappa shape index (κ3) is 2.37. The molecule has 0 bridgehead atoms. The van der Waals surface area contributed by atoms with Crippen LogP contribution < -0.4 is 19.3 Å². The summed E-state index contributed by atoms with van der Waals surface area (Å²) in [7, 11) is -4.50. The number of rotatable bonds is 1. The van der Waals surface area contributed by atoms with Crippen molar-refractivity contribution >= 4 is 11.6 Å². The van der Waals surface area contributed by atoms with Gasteiger partial charge >= 0.3 is 5.90 Å². The van der Waals surface area contributed by atoms with Gasteiger partial charge in [-0.05, 0) is 16.4 Å². The first-order chi connectivity index (χ1) is 7.06. The van der Waals surface area contributed by atoms with Gasteiger partial charge in [0.1, 0.15) is 16.9 Å². The van der Waals surface area contributed by atoms with Crippen molar-refractivity contribution in [1.82, 2.24) is 0 Å². The van der Waals surface area contributed by atoms with Crippen molar-refractivity contribution in [2.45, 2.75) is 0 Å². The van der Waals surface area contributed by atoms with Gasteiger partial charge in [-0.15, -0.1) is 0 Å². The van der Waals surface area contributed by atoms with Gasteiger partial charge in [-0.2, -0.15) is 14.0 Å². The van der Waals surface area contributed by atoms with Gasteiger partial charge in [-0.25, -0.2) is 4.99 Å². The highest BCUT2D eigenvalue weighted by atomic mass is 35.7. The molecule has 0 radical (unpaired) electrons. The molecule has 7 heteroatoms. The number of hydrogen-bond acceptors (Lipinski definition) is 6. The number of para-hydroxylation sites is 1. The number of halogens is 1. The smallest absolute Gasteiger partial charge is 0.365 e. The van der Waals surface area contributed by atoms with Gasteiger partial charge in [-0.1, -0.05) is 12.1 Å². The van der Waals surface area contributed by atoms with Crippen LogP contribution in [0.3, 0.4) is 0 Å². The van der Waals surface area contributed by atoms with Crippen molar-refractivity contribution in [1.29, 1.82) is 0 Å². The summed E-state index contributed by atoms with van der Waals surface area (Å²) in [4.78, 5) is 3.75. The molecule has 0 fully saturated rings. The predicted octanol–water partition coefficient (Wildman–Crippen LogP) is -2.27. The molecule has 80 valence electrons. The van der Waals surface area contributed by atoms with Crippen LogP contribution in [-0.2, 0) is 4.29 Å². The second-order valence-electron chi connectivity index (χ2n) is 2.80. The van der Waals surface area contributed by atoms with E-state index in [2.05, 4.69) is 14.6 Å². The van der Waals surface area contributed by atoms with Gasteiger partial charge in [0.15, 0.2) is 0 Å². The number of hydrogen-bond donors (Lipinski definition) is 1. The van der Waals surface area contributed by atoms with Gasteiger partial charge < -0.3 is 5.32 Å². The van der Waals surface area contributed by atoms with Crippen LogP contribution in [0.1, 0.15) is 5.56 Å². The molecule has 0 saturated carbocycles. The lowest BCUT2D eigenvalue weighted by atomic mass is 10.1. The van der Waals surface area contributed by atoms with E-state index in [0.29, 0.717) is 11.3 Å².